The van der Waals surface area contributed by atoms with Crippen LogP contribution in [0.15, 0.2) is 11.6 Å². The van der Waals surface area contributed by atoms with Crippen molar-refractivity contribution < 1.29 is 24.5 Å². The van der Waals surface area contributed by atoms with Gasteiger partial charge in [-0.1, -0.05) is 26.8 Å². The maximum Gasteiger partial charge on any atom is 0.171 e. The maximum atomic E-state index is 12.5. The minimum absolute atomic E-state index is 0.0232. The van der Waals surface area contributed by atoms with E-state index >= 15 is 0 Å². The third kappa shape index (κ3) is 2.43. The zero-order valence-corrected chi connectivity index (χ0v) is 17.4. The van der Waals surface area contributed by atoms with E-state index in [2.05, 4.69) is 26.8 Å². The molecule has 0 aromatic carbocycles. The lowest BCUT2D eigenvalue weighted by Gasteiger charge is -2.61. The first-order chi connectivity index (χ1) is 13.0. The second-order valence-electron chi connectivity index (χ2n) is 11.2. The third-order valence-corrected chi connectivity index (χ3v) is 8.77. The van der Waals surface area contributed by atoms with Crippen LogP contribution in [0, 0.1) is 22.7 Å². The van der Waals surface area contributed by atoms with E-state index in [0.717, 1.165) is 18.4 Å². The highest BCUT2D eigenvalue weighted by Gasteiger charge is 2.66. The Morgan fingerprint density at radius 3 is 2.46 bits per heavy atom. The van der Waals surface area contributed by atoms with Crippen LogP contribution < -0.4 is 0 Å². The van der Waals surface area contributed by atoms with Crippen LogP contribution in [0.3, 0.4) is 0 Å². The first-order valence-electron chi connectivity index (χ1n) is 11.0. The highest BCUT2D eigenvalue weighted by Crippen LogP contribution is 2.62. The Kier molecular flexibility index (Phi) is 3.90. The standard InChI is InChI=1S/C23H34O5/c1-19(2)13-27-22(28-14-19)10-11-23(26)17-7-8-20(3)16(4-5-18(20)24)15(17)6-9-21(23,25)12-22/h7,15-16,25-26H,4-6,8-14H2,1-3H3/t15-,16-,20+,21+,23-/m0/s1. The van der Waals surface area contributed by atoms with E-state index in [1.807, 2.05) is 0 Å². The summed E-state index contributed by atoms with van der Waals surface area (Å²) in [7, 11) is 0. The zero-order chi connectivity index (χ0) is 20.0. The summed E-state index contributed by atoms with van der Waals surface area (Å²) < 4.78 is 12.3. The highest BCUT2D eigenvalue weighted by molar-refractivity contribution is 5.87. The van der Waals surface area contributed by atoms with Crippen LogP contribution in [-0.4, -0.2) is 46.2 Å². The Hall–Kier alpha value is -0.750. The second-order valence-corrected chi connectivity index (χ2v) is 11.2. The summed E-state index contributed by atoms with van der Waals surface area (Å²) in [5.74, 6) is 0.0927. The summed E-state index contributed by atoms with van der Waals surface area (Å²) in [4.78, 5) is 12.5. The summed E-state index contributed by atoms with van der Waals surface area (Å²) in [5, 5.41) is 23.5. The van der Waals surface area contributed by atoms with Crippen molar-refractivity contribution in [3.63, 3.8) is 0 Å². The second kappa shape index (κ2) is 5.69. The van der Waals surface area contributed by atoms with Crippen molar-refractivity contribution >= 4 is 5.78 Å². The Bertz CT molecular complexity index is 731. The molecule has 3 saturated carbocycles. The average Bonchev–Trinajstić information content (AvgIpc) is 2.94. The van der Waals surface area contributed by atoms with Gasteiger partial charge < -0.3 is 19.7 Å². The molecule has 2 N–H and O–H groups in total. The number of hydrogen-bond acceptors (Lipinski definition) is 5. The van der Waals surface area contributed by atoms with Crippen molar-refractivity contribution in [3.8, 4) is 0 Å². The SMILES string of the molecule is CC1(C)COC2(CC[C@]3(O)C4=CC[C@@]5(C)C(=O)CC[C@H]5[C@@H]4CC[C@@]3(O)C2)OC1. The molecule has 5 rings (SSSR count). The molecule has 5 aliphatic rings. The van der Waals surface area contributed by atoms with Crippen LogP contribution in [0.1, 0.15) is 72.1 Å². The predicted octanol–water partition coefficient (Wildman–Crippen LogP) is 3.13. The van der Waals surface area contributed by atoms with Crippen molar-refractivity contribution in [2.45, 2.75) is 89.1 Å². The van der Waals surface area contributed by atoms with Gasteiger partial charge in [0.2, 0.25) is 0 Å². The largest absolute Gasteiger partial charge is 0.386 e. The van der Waals surface area contributed by atoms with Crippen molar-refractivity contribution in [3.05, 3.63) is 11.6 Å². The number of aliphatic hydroxyl groups is 2. The molecule has 0 unspecified atom stereocenters. The maximum absolute atomic E-state index is 12.5. The van der Waals surface area contributed by atoms with E-state index in [9.17, 15) is 15.0 Å². The zero-order valence-electron chi connectivity index (χ0n) is 17.4. The fourth-order valence-corrected chi connectivity index (χ4v) is 6.90. The van der Waals surface area contributed by atoms with Crippen LogP contribution in [0.2, 0.25) is 0 Å². The van der Waals surface area contributed by atoms with E-state index in [1.165, 1.54) is 0 Å². The lowest BCUT2D eigenvalue weighted by Crippen LogP contribution is -2.68. The molecule has 4 aliphatic carbocycles. The first-order valence-corrected chi connectivity index (χ1v) is 11.0. The van der Waals surface area contributed by atoms with E-state index in [0.29, 0.717) is 63.4 Å². The molecule has 1 heterocycles. The van der Waals surface area contributed by atoms with Gasteiger partial charge in [0.25, 0.3) is 0 Å². The van der Waals surface area contributed by atoms with Gasteiger partial charge in [-0.05, 0) is 49.5 Å². The minimum atomic E-state index is -1.23. The third-order valence-electron chi connectivity index (χ3n) is 8.77. The van der Waals surface area contributed by atoms with Crippen LogP contribution in [0.25, 0.3) is 0 Å². The van der Waals surface area contributed by atoms with Crippen molar-refractivity contribution in [2.75, 3.05) is 13.2 Å². The van der Waals surface area contributed by atoms with Crippen LogP contribution in [0.5, 0.6) is 0 Å². The van der Waals surface area contributed by atoms with E-state index in [1.54, 1.807) is 0 Å². The number of carbonyl (C=O) groups excluding carboxylic acids is 1. The number of carbonyl (C=O) groups is 1. The van der Waals surface area contributed by atoms with Gasteiger partial charge in [0, 0.05) is 30.1 Å². The molecule has 0 amide bonds. The number of ketones is 1. The Morgan fingerprint density at radius 1 is 1.04 bits per heavy atom. The minimum Gasteiger partial charge on any atom is -0.386 e. The number of allylic oxidation sites excluding steroid dienone is 1. The van der Waals surface area contributed by atoms with E-state index in [4.69, 9.17) is 9.47 Å². The normalized spacial score (nSPS) is 49.2. The van der Waals surface area contributed by atoms with Gasteiger partial charge >= 0.3 is 0 Å². The quantitative estimate of drug-likeness (QED) is 0.622. The molecule has 5 heteroatoms. The summed E-state index contributed by atoms with van der Waals surface area (Å²) in [6, 6.07) is 0. The predicted molar refractivity (Wildman–Crippen MR) is 103 cm³/mol. The van der Waals surface area contributed by atoms with Crippen LogP contribution in [0.4, 0.5) is 0 Å². The Morgan fingerprint density at radius 2 is 1.75 bits per heavy atom. The lowest BCUT2D eigenvalue weighted by molar-refractivity contribution is -0.349. The van der Waals surface area contributed by atoms with Gasteiger partial charge in [0.05, 0.1) is 13.2 Å². The molecular weight excluding hydrogens is 356 g/mol. The summed E-state index contributed by atoms with van der Waals surface area (Å²) in [5.41, 5.74) is -1.77. The van der Waals surface area contributed by atoms with Gasteiger partial charge in [0.1, 0.15) is 17.0 Å². The topological polar surface area (TPSA) is 76.0 Å². The molecule has 0 radical (unpaired) electrons. The number of ether oxygens (including phenoxy) is 2. The summed E-state index contributed by atoms with van der Waals surface area (Å²) in [6.07, 6.45) is 7.06. The Labute approximate surface area is 167 Å². The lowest BCUT2D eigenvalue weighted by atomic mass is 9.51. The molecular formula is C23H34O5. The smallest absolute Gasteiger partial charge is 0.171 e. The molecule has 1 spiro atoms. The first kappa shape index (κ1) is 19.2. The van der Waals surface area contributed by atoms with Crippen LogP contribution in [-0.2, 0) is 14.3 Å². The van der Waals surface area contributed by atoms with Crippen molar-refractivity contribution in [1.29, 1.82) is 0 Å². The molecule has 5 nitrogen and oxygen atoms in total. The molecule has 0 aromatic rings. The number of rotatable bonds is 0. The number of Topliss-reactive ketones (excluding diaryl/α,β-unsaturated/α-hetero) is 1. The monoisotopic (exact) mass is 390 g/mol. The molecule has 4 fully saturated rings. The summed E-state index contributed by atoms with van der Waals surface area (Å²) in [6.45, 7) is 7.55. The molecule has 28 heavy (non-hydrogen) atoms. The van der Waals surface area contributed by atoms with Gasteiger partial charge in [-0.25, -0.2) is 0 Å². The molecule has 1 aliphatic heterocycles. The molecule has 0 bridgehead atoms. The molecule has 5 atom stereocenters. The van der Waals surface area contributed by atoms with Gasteiger partial charge in [-0.2, -0.15) is 0 Å². The van der Waals surface area contributed by atoms with Crippen molar-refractivity contribution in [2.24, 2.45) is 22.7 Å². The number of fused-ring (bicyclic) bond motifs is 5. The molecule has 156 valence electrons. The average molecular weight is 391 g/mol. The molecule has 1 saturated heterocycles. The Balaban J connectivity index is 1.45. The highest BCUT2D eigenvalue weighted by atomic mass is 16.7. The van der Waals surface area contributed by atoms with Gasteiger partial charge in [0.15, 0.2) is 5.79 Å². The van der Waals surface area contributed by atoms with Crippen LogP contribution >= 0.6 is 0 Å². The van der Waals surface area contributed by atoms with Gasteiger partial charge in [-0.3, -0.25) is 4.79 Å². The fourth-order valence-electron chi connectivity index (χ4n) is 6.90. The van der Waals surface area contributed by atoms with E-state index < -0.39 is 17.0 Å². The number of hydrogen-bond donors (Lipinski definition) is 2. The molecule has 0 aromatic heterocycles. The van der Waals surface area contributed by atoms with E-state index in [-0.39, 0.29) is 16.7 Å². The van der Waals surface area contributed by atoms with Crippen molar-refractivity contribution in [1.82, 2.24) is 0 Å². The fraction of sp³-hybridized carbons (Fsp3) is 0.870. The van der Waals surface area contributed by atoms with Gasteiger partial charge in [-0.15, -0.1) is 0 Å². The summed E-state index contributed by atoms with van der Waals surface area (Å²) >= 11 is 0.